The van der Waals surface area contributed by atoms with Crippen LogP contribution in [0.3, 0.4) is 0 Å². The smallest absolute Gasteiger partial charge is 0.165 e. The van der Waals surface area contributed by atoms with Crippen molar-refractivity contribution in [2.45, 2.75) is 33.6 Å². The van der Waals surface area contributed by atoms with Crippen LogP contribution in [0.25, 0.3) is 0 Å². The Morgan fingerprint density at radius 3 is 2.57 bits per heavy atom. The number of allylic oxidation sites excluding steroid dienone is 8. The Hall–Kier alpha value is -1.31. The van der Waals surface area contributed by atoms with Crippen LogP contribution in [-0.4, -0.2) is 8.83 Å². The predicted molar refractivity (Wildman–Crippen MR) is 103 cm³/mol. The summed E-state index contributed by atoms with van der Waals surface area (Å²) in [6.45, 7) is 9.09. The predicted octanol–water partition coefficient (Wildman–Crippen LogP) is 5.22. The van der Waals surface area contributed by atoms with Gasteiger partial charge in [0.2, 0.25) is 8.83 Å². The van der Waals surface area contributed by atoms with Gasteiger partial charge in [0.15, 0.2) is 0 Å². The molecule has 0 bridgehead atoms. The van der Waals surface area contributed by atoms with Crippen LogP contribution in [-0.2, 0) is 0 Å². The highest BCUT2D eigenvalue weighted by Gasteiger charge is 2.31. The van der Waals surface area contributed by atoms with Crippen LogP contribution in [0.15, 0.2) is 65.3 Å². The first-order valence-electron chi connectivity index (χ1n) is 8.28. The number of rotatable bonds is 3. The standard InChI is InChI=1S/C21H23ClSi/c1-13(2)16-8-5-6-9-18-19(16)12-14(3)21(18)17-10-7-11-20(23-22)15(17)4/h5-13,16,21H,1-4H3. The van der Waals surface area contributed by atoms with Gasteiger partial charge in [-0.25, -0.2) is 0 Å². The van der Waals surface area contributed by atoms with Crippen molar-refractivity contribution >= 4 is 25.1 Å². The Kier molecular flexibility index (Phi) is 4.79. The molecule has 1 aromatic carbocycles. The Morgan fingerprint density at radius 1 is 1.09 bits per heavy atom. The van der Waals surface area contributed by atoms with E-state index in [2.05, 4.69) is 76.3 Å². The highest BCUT2D eigenvalue weighted by atomic mass is 35.6. The molecule has 0 saturated carbocycles. The fraction of sp³-hybridized carbons (Fsp3) is 0.333. The van der Waals surface area contributed by atoms with Gasteiger partial charge in [0.05, 0.1) is 0 Å². The minimum Gasteiger partial charge on any atom is -0.165 e. The van der Waals surface area contributed by atoms with E-state index in [1.165, 1.54) is 33.0 Å². The maximum Gasteiger partial charge on any atom is 0.210 e. The number of hydrogen-bond acceptors (Lipinski definition) is 0. The van der Waals surface area contributed by atoms with E-state index in [-0.39, 0.29) is 0 Å². The molecule has 2 aliphatic rings. The molecule has 1 aromatic rings. The minimum absolute atomic E-state index is 0.330. The van der Waals surface area contributed by atoms with Gasteiger partial charge in [0, 0.05) is 11.8 Å². The Labute approximate surface area is 147 Å². The molecule has 0 spiro atoms. The average molecular weight is 339 g/mol. The summed E-state index contributed by atoms with van der Waals surface area (Å²) in [6, 6.07) is 6.57. The third-order valence-corrected chi connectivity index (χ3v) is 6.41. The van der Waals surface area contributed by atoms with E-state index < -0.39 is 0 Å². The molecule has 0 aromatic heterocycles. The Balaban J connectivity index is 2.13. The van der Waals surface area contributed by atoms with E-state index in [9.17, 15) is 0 Å². The van der Waals surface area contributed by atoms with Crippen LogP contribution >= 0.6 is 11.1 Å². The molecule has 0 nitrogen and oxygen atoms in total. The van der Waals surface area contributed by atoms with Crippen molar-refractivity contribution in [3.63, 3.8) is 0 Å². The quantitative estimate of drug-likeness (QED) is 0.523. The van der Waals surface area contributed by atoms with Crippen LogP contribution in [0, 0.1) is 18.8 Å². The van der Waals surface area contributed by atoms with Crippen LogP contribution in [0.4, 0.5) is 0 Å². The zero-order valence-electron chi connectivity index (χ0n) is 14.2. The summed E-state index contributed by atoms with van der Waals surface area (Å²) in [5.41, 5.74) is 7.15. The lowest BCUT2D eigenvalue weighted by Crippen LogP contribution is -2.17. The van der Waals surface area contributed by atoms with Gasteiger partial charge in [-0.15, -0.1) is 0 Å². The molecule has 0 amide bonds. The highest BCUT2D eigenvalue weighted by Crippen LogP contribution is 2.45. The van der Waals surface area contributed by atoms with E-state index in [1.807, 2.05) is 0 Å². The lowest BCUT2D eigenvalue weighted by molar-refractivity contribution is 0.533. The lowest BCUT2D eigenvalue weighted by Gasteiger charge is -2.22. The van der Waals surface area contributed by atoms with Crippen molar-refractivity contribution in [2.24, 2.45) is 11.8 Å². The van der Waals surface area contributed by atoms with Crippen molar-refractivity contribution < 1.29 is 0 Å². The van der Waals surface area contributed by atoms with Crippen molar-refractivity contribution in [1.82, 2.24) is 0 Å². The molecule has 118 valence electrons. The van der Waals surface area contributed by atoms with E-state index >= 15 is 0 Å². The first-order chi connectivity index (χ1) is 11.0. The summed E-state index contributed by atoms with van der Waals surface area (Å²) in [7, 11) is 0.330. The van der Waals surface area contributed by atoms with Gasteiger partial charge in [-0.3, -0.25) is 0 Å². The van der Waals surface area contributed by atoms with E-state index in [0.717, 1.165) is 0 Å². The SMILES string of the molecule is CC1=CC2=C(C=CC=CC2C(C)C)C1c1cccc([Si]Cl)c1C. The Bertz CT molecular complexity index is 734. The van der Waals surface area contributed by atoms with E-state index in [1.54, 1.807) is 0 Å². The van der Waals surface area contributed by atoms with Crippen LogP contribution < -0.4 is 5.19 Å². The molecule has 2 unspecified atom stereocenters. The molecule has 0 fully saturated rings. The maximum atomic E-state index is 6.15. The molecule has 2 aliphatic carbocycles. The normalized spacial score (nSPS) is 23.3. The summed E-state index contributed by atoms with van der Waals surface area (Å²) >= 11 is 6.15. The van der Waals surface area contributed by atoms with Gasteiger partial charge in [-0.1, -0.05) is 68.0 Å². The average Bonchev–Trinajstić information content (AvgIpc) is 2.70. The second kappa shape index (κ2) is 6.66. The van der Waals surface area contributed by atoms with Crippen molar-refractivity contribution in [3.8, 4) is 0 Å². The van der Waals surface area contributed by atoms with Gasteiger partial charge in [0.25, 0.3) is 0 Å². The number of halogens is 1. The van der Waals surface area contributed by atoms with Gasteiger partial charge in [-0.2, -0.15) is 11.1 Å². The van der Waals surface area contributed by atoms with Crippen molar-refractivity contribution in [3.05, 3.63) is 76.4 Å². The summed E-state index contributed by atoms with van der Waals surface area (Å²) in [5, 5.41) is 1.27. The van der Waals surface area contributed by atoms with Crippen LogP contribution in [0.2, 0.25) is 0 Å². The zero-order valence-corrected chi connectivity index (χ0v) is 16.0. The summed E-state index contributed by atoms with van der Waals surface area (Å²) in [4.78, 5) is 0. The lowest BCUT2D eigenvalue weighted by atomic mass is 9.83. The molecule has 0 saturated heterocycles. The van der Waals surface area contributed by atoms with Crippen LogP contribution in [0.5, 0.6) is 0 Å². The van der Waals surface area contributed by atoms with Crippen molar-refractivity contribution in [2.75, 3.05) is 0 Å². The fourth-order valence-electron chi connectivity index (χ4n) is 3.81. The van der Waals surface area contributed by atoms with Gasteiger partial charge in [0.1, 0.15) is 0 Å². The van der Waals surface area contributed by atoms with Gasteiger partial charge < -0.3 is 0 Å². The monoisotopic (exact) mass is 338 g/mol. The molecule has 0 N–H and O–H groups in total. The third kappa shape index (κ3) is 2.93. The summed E-state index contributed by atoms with van der Waals surface area (Å²) in [6.07, 6.45) is 11.5. The molecule has 23 heavy (non-hydrogen) atoms. The largest absolute Gasteiger partial charge is 0.210 e. The summed E-state index contributed by atoms with van der Waals surface area (Å²) in [5.74, 6) is 1.48. The molecule has 0 heterocycles. The first kappa shape index (κ1) is 16.5. The van der Waals surface area contributed by atoms with Gasteiger partial charge >= 0.3 is 0 Å². The second-order valence-corrected chi connectivity index (χ2v) is 8.15. The molecular formula is C21H23ClSi. The first-order valence-corrected chi connectivity index (χ1v) is 10.3. The second-order valence-electron chi connectivity index (χ2n) is 6.86. The van der Waals surface area contributed by atoms with Crippen LogP contribution in [0.1, 0.15) is 37.8 Å². The molecular weight excluding hydrogens is 316 g/mol. The molecule has 3 rings (SSSR count). The molecule has 0 aliphatic heterocycles. The van der Waals surface area contributed by atoms with Gasteiger partial charge in [-0.05, 0) is 47.2 Å². The molecule has 2 heteroatoms. The third-order valence-electron chi connectivity index (χ3n) is 5.05. The van der Waals surface area contributed by atoms with E-state index in [0.29, 0.717) is 26.6 Å². The molecule has 2 radical (unpaired) electrons. The minimum atomic E-state index is 0.330. The van der Waals surface area contributed by atoms with Crippen molar-refractivity contribution in [1.29, 1.82) is 0 Å². The zero-order chi connectivity index (χ0) is 16.6. The maximum absolute atomic E-state index is 6.15. The molecule has 2 atom stereocenters. The fourth-order valence-corrected chi connectivity index (χ4v) is 4.87. The highest BCUT2D eigenvalue weighted by molar-refractivity contribution is 7.01. The summed E-state index contributed by atoms with van der Waals surface area (Å²) < 4.78 is 0. The Morgan fingerprint density at radius 2 is 1.87 bits per heavy atom. The topological polar surface area (TPSA) is 0 Å². The number of hydrogen-bond donors (Lipinski definition) is 0. The van der Waals surface area contributed by atoms with E-state index in [4.69, 9.17) is 11.1 Å². The number of benzene rings is 1.